The van der Waals surface area contributed by atoms with Crippen molar-refractivity contribution >= 4 is 0 Å². The lowest BCUT2D eigenvalue weighted by Gasteiger charge is -2.30. The summed E-state index contributed by atoms with van der Waals surface area (Å²) in [7, 11) is 1.67. The van der Waals surface area contributed by atoms with Gasteiger partial charge in [-0.05, 0) is 37.0 Å². The first kappa shape index (κ1) is 17.9. The molecule has 25 heavy (non-hydrogen) atoms. The topological polar surface area (TPSA) is 36.9 Å². The Morgan fingerprint density at radius 2 is 1.84 bits per heavy atom. The molecule has 2 aromatic carbocycles. The highest BCUT2D eigenvalue weighted by atomic mass is 16.7. The molecule has 134 valence electrons. The molecule has 0 saturated carbocycles. The van der Waals surface area contributed by atoms with Gasteiger partial charge in [0.1, 0.15) is 5.75 Å². The maximum absolute atomic E-state index is 6.09. The Balaban J connectivity index is 1.38. The maximum atomic E-state index is 6.09. The third kappa shape index (κ3) is 5.56. The number of hydrogen-bond acceptors (Lipinski definition) is 4. The second-order valence-electron chi connectivity index (χ2n) is 6.20. The lowest BCUT2D eigenvalue weighted by atomic mass is 10.1. The molecule has 4 nitrogen and oxygen atoms in total. The summed E-state index contributed by atoms with van der Waals surface area (Å²) in [6.07, 6.45) is 2.86. The van der Waals surface area contributed by atoms with Gasteiger partial charge in [0.15, 0.2) is 6.29 Å². The summed E-state index contributed by atoms with van der Waals surface area (Å²) < 4.78 is 22.8. The van der Waals surface area contributed by atoms with E-state index in [4.69, 9.17) is 18.9 Å². The zero-order valence-electron chi connectivity index (χ0n) is 14.7. The molecule has 0 aliphatic carbocycles. The average Bonchev–Trinajstić information content (AvgIpc) is 2.69. The van der Waals surface area contributed by atoms with Crippen LogP contribution in [0.25, 0.3) is 0 Å². The van der Waals surface area contributed by atoms with E-state index in [2.05, 4.69) is 12.1 Å². The Morgan fingerprint density at radius 3 is 2.60 bits per heavy atom. The summed E-state index contributed by atoms with van der Waals surface area (Å²) in [6, 6.07) is 18.1. The lowest BCUT2D eigenvalue weighted by Crippen LogP contribution is -2.27. The van der Waals surface area contributed by atoms with Crippen molar-refractivity contribution in [3.63, 3.8) is 0 Å². The maximum Gasteiger partial charge on any atom is 0.184 e. The minimum Gasteiger partial charge on any atom is -0.497 e. The van der Waals surface area contributed by atoms with E-state index in [1.807, 2.05) is 42.5 Å². The molecule has 4 heteroatoms. The number of rotatable bonds is 8. The number of hydrogen-bond donors (Lipinski definition) is 0. The molecule has 0 bridgehead atoms. The fraction of sp³-hybridized carbons (Fsp3) is 0.429. The Hall–Kier alpha value is -1.88. The highest BCUT2D eigenvalue weighted by Crippen LogP contribution is 2.29. The van der Waals surface area contributed by atoms with Crippen LogP contribution in [0, 0.1) is 0 Å². The SMILES string of the molecule is COc1ccc(C2OCC[C@@H](CCCOCc3ccccc3)O2)cc1. The summed E-state index contributed by atoms with van der Waals surface area (Å²) in [5.41, 5.74) is 2.25. The van der Waals surface area contributed by atoms with E-state index < -0.39 is 0 Å². The van der Waals surface area contributed by atoms with Gasteiger partial charge in [0.25, 0.3) is 0 Å². The van der Waals surface area contributed by atoms with E-state index in [1.165, 1.54) is 5.56 Å². The molecule has 0 N–H and O–H groups in total. The minimum absolute atomic E-state index is 0.223. The summed E-state index contributed by atoms with van der Waals surface area (Å²) in [5.74, 6) is 0.840. The van der Waals surface area contributed by atoms with Gasteiger partial charge < -0.3 is 18.9 Å². The van der Waals surface area contributed by atoms with Gasteiger partial charge in [-0.2, -0.15) is 0 Å². The van der Waals surface area contributed by atoms with Gasteiger partial charge in [0, 0.05) is 12.2 Å². The van der Waals surface area contributed by atoms with Crippen molar-refractivity contribution in [1.82, 2.24) is 0 Å². The van der Waals surface area contributed by atoms with Gasteiger partial charge in [0.2, 0.25) is 0 Å². The Kier molecular flexibility index (Phi) is 6.86. The molecule has 0 spiro atoms. The largest absolute Gasteiger partial charge is 0.497 e. The van der Waals surface area contributed by atoms with Gasteiger partial charge >= 0.3 is 0 Å². The van der Waals surface area contributed by atoms with Crippen LogP contribution in [0.1, 0.15) is 36.7 Å². The van der Waals surface area contributed by atoms with Crippen molar-refractivity contribution in [2.45, 2.75) is 38.3 Å². The minimum atomic E-state index is -0.283. The summed E-state index contributed by atoms with van der Waals surface area (Å²) in [4.78, 5) is 0. The van der Waals surface area contributed by atoms with Crippen molar-refractivity contribution < 1.29 is 18.9 Å². The predicted molar refractivity (Wildman–Crippen MR) is 96.5 cm³/mol. The van der Waals surface area contributed by atoms with Crippen LogP contribution in [0.2, 0.25) is 0 Å². The normalized spacial score (nSPS) is 20.4. The molecule has 2 aromatic rings. The Morgan fingerprint density at radius 1 is 1.04 bits per heavy atom. The third-order valence-electron chi connectivity index (χ3n) is 4.34. The third-order valence-corrected chi connectivity index (χ3v) is 4.34. The van der Waals surface area contributed by atoms with Gasteiger partial charge in [-0.1, -0.05) is 42.5 Å². The molecule has 1 aliphatic heterocycles. The smallest absolute Gasteiger partial charge is 0.184 e. The quantitative estimate of drug-likeness (QED) is 0.662. The molecule has 0 aromatic heterocycles. The van der Waals surface area contributed by atoms with Gasteiger partial charge in [-0.3, -0.25) is 0 Å². The summed E-state index contributed by atoms with van der Waals surface area (Å²) in [6.45, 7) is 2.15. The van der Waals surface area contributed by atoms with E-state index in [0.29, 0.717) is 6.61 Å². The second kappa shape index (κ2) is 9.56. The van der Waals surface area contributed by atoms with Gasteiger partial charge in [0.05, 0.1) is 26.4 Å². The fourth-order valence-corrected chi connectivity index (χ4v) is 2.91. The van der Waals surface area contributed by atoms with Crippen molar-refractivity contribution in [3.05, 3.63) is 65.7 Å². The van der Waals surface area contributed by atoms with Crippen molar-refractivity contribution in [1.29, 1.82) is 0 Å². The first-order chi connectivity index (χ1) is 12.3. The first-order valence-corrected chi connectivity index (χ1v) is 8.88. The lowest BCUT2D eigenvalue weighted by molar-refractivity contribution is -0.219. The molecule has 0 amide bonds. The second-order valence-corrected chi connectivity index (χ2v) is 6.20. The zero-order chi connectivity index (χ0) is 17.3. The molecule has 1 aliphatic rings. The van der Waals surface area contributed by atoms with E-state index >= 15 is 0 Å². The monoisotopic (exact) mass is 342 g/mol. The fourth-order valence-electron chi connectivity index (χ4n) is 2.91. The van der Waals surface area contributed by atoms with Gasteiger partial charge in [-0.15, -0.1) is 0 Å². The van der Waals surface area contributed by atoms with E-state index in [-0.39, 0.29) is 12.4 Å². The van der Waals surface area contributed by atoms with Crippen LogP contribution in [0.5, 0.6) is 5.75 Å². The van der Waals surface area contributed by atoms with Crippen LogP contribution in [0.15, 0.2) is 54.6 Å². The average molecular weight is 342 g/mol. The molecule has 2 atom stereocenters. The van der Waals surface area contributed by atoms with Crippen LogP contribution < -0.4 is 4.74 Å². The summed E-state index contributed by atoms with van der Waals surface area (Å²) >= 11 is 0. The van der Waals surface area contributed by atoms with Crippen LogP contribution in [0.3, 0.4) is 0 Å². The number of benzene rings is 2. The molecule has 1 unspecified atom stereocenters. The number of ether oxygens (including phenoxy) is 4. The molecule has 1 heterocycles. The molecule has 3 rings (SSSR count). The highest BCUT2D eigenvalue weighted by Gasteiger charge is 2.24. The number of methoxy groups -OCH3 is 1. The summed E-state index contributed by atoms with van der Waals surface area (Å²) in [5, 5.41) is 0. The molecular weight excluding hydrogens is 316 g/mol. The standard InChI is InChI=1S/C21H26O4/c1-22-19-11-9-18(10-12-19)21-24-15-13-20(25-21)8-5-14-23-16-17-6-3-2-4-7-17/h2-4,6-7,9-12,20-21H,5,8,13-16H2,1H3/t20-,21?/m1/s1. The van der Waals surface area contributed by atoms with Crippen molar-refractivity contribution in [2.75, 3.05) is 20.3 Å². The predicted octanol–water partition coefficient (Wildman–Crippen LogP) is 4.50. The highest BCUT2D eigenvalue weighted by molar-refractivity contribution is 5.27. The Labute approximate surface area is 149 Å². The van der Waals surface area contributed by atoms with Crippen molar-refractivity contribution in [3.8, 4) is 5.75 Å². The zero-order valence-corrected chi connectivity index (χ0v) is 14.7. The van der Waals surface area contributed by atoms with Crippen LogP contribution in [-0.2, 0) is 20.8 Å². The van der Waals surface area contributed by atoms with E-state index in [9.17, 15) is 0 Å². The van der Waals surface area contributed by atoms with E-state index in [0.717, 1.165) is 43.8 Å². The first-order valence-electron chi connectivity index (χ1n) is 8.88. The van der Waals surface area contributed by atoms with E-state index in [1.54, 1.807) is 7.11 Å². The van der Waals surface area contributed by atoms with Crippen molar-refractivity contribution in [2.24, 2.45) is 0 Å². The van der Waals surface area contributed by atoms with Crippen LogP contribution in [0.4, 0.5) is 0 Å². The molecule has 1 fully saturated rings. The van der Waals surface area contributed by atoms with Crippen LogP contribution in [-0.4, -0.2) is 26.4 Å². The molecular formula is C21H26O4. The molecule has 0 radical (unpaired) electrons. The molecule has 1 saturated heterocycles. The Bertz CT molecular complexity index is 612. The van der Waals surface area contributed by atoms with Crippen LogP contribution >= 0.6 is 0 Å². The van der Waals surface area contributed by atoms with Gasteiger partial charge in [-0.25, -0.2) is 0 Å².